The first-order valence-electron chi connectivity index (χ1n) is 6.98. The summed E-state index contributed by atoms with van der Waals surface area (Å²) in [6.45, 7) is 1.64. The minimum atomic E-state index is -0.531. The zero-order valence-electron chi connectivity index (χ0n) is 11.8. The predicted molar refractivity (Wildman–Crippen MR) is 78.3 cm³/mol. The molecule has 21 heavy (non-hydrogen) atoms. The fraction of sp³-hybridized carbons (Fsp3) is 0.500. The Kier molecular flexibility index (Phi) is 4.74. The molecular formula is C14H19N3O4. The fourth-order valence-electron chi connectivity index (χ4n) is 2.50. The number of anilines is 1. The summed E-state index contributed by atoms with van der Waals surface area (Å²) < 4.78 is 0. The Labute approximate surface area is 122 Å². The van der Waals surface area contributed by atoms with Crippen LogP contribution in [0, 0.1) is 17.0 Å². The number of urea groups is 1. The quantitative estimate of drug-likeness (QED) is 0.587. The average molecular weight is 293 g/mol. The number of nitrogens with one attached hydrogen (secondary N) is 2. The summed E-state index contributed by atoms with van der Waals surface area (Å²) >= 11 is 0. The molecule has 2 amide bonds. The number of nitrogens with zero attached hydrogens (tertiary/aromatic N) is 1. The van der Waals surface area contributed by atoms with Crippen LogP contribution in [0.1, 0.15) is 31.2 Å². The van der Waals surface area contributed by atoms with Crippen molar-refractivity contribution < 1.29 is 14.8 Å². The van der Waals surface area contributed by atoms with Crippen LogP contribution < -0.4 is 10.6 Å². The van der Waals surface area contributed by atoms with Crippen LogP contribution in [0.5, 0.6) is 0 Å². The summed E-state index contributed by atoms with van der Waals surface area (Å²) in [5.74, 6) is 0. The second-order valence-electron chi connectivity index (χ2n) is 5.32. The van der Waals surface area contributed by atoms with Gasteiger partial charge >= 0.3 is 6.03 Å². The fourth-order valence-corrected chi connectivity index (χ4v) is 2.50. The third-order valence-corrected chi connectivity index (χ3v) is 3.71. The maximum Gasteiger partial charge on any atom is 0.319 e. The van der Waals surface area contributed by atoms with Gasteiger partial charge in [0.25, 0.3) is 5.69 Å². The topological polar surface area (TPSA) is 104 Å². The van der Waals surface area contributed by atoms with Crippen molar-refractivity contribution in [3.63, 3.8) is 0 Å². The van der Waals surface area contributed by atoms with Crippen LogP contribution in [0.3, 0.4) is 0 Å². The first-order valence-corrected chi connectivity index (χ1v) is 6.98. The molecule has 7 heteroatoms. The lowest BCUT2D eigenvalue weighted by molar-refractivity contribution is -0.385. The second kappa shape index (κ2) is 6.53. The minimum Gasteiger partial charge on any atom is -0.391 e. The molecule has 2 unspecified atom stereocenters. The molecule has 0 heterocycles. The summed E-state index contributed by atoms with van der Waals surface area (Å²) in [6.07, 6.45) is 2.82. The van der Waals surface area contributed by atoms with E-state index in [1.165, 1.54) is 6.07 Å². The van der Waals surface area contributed by atoms with E-state index in [1.54, 1.807) is 19.1 Å². The van der Waals surface area contributed by atoms with Crippen LogP contribution in [-0.2, 0) is 0 Å². The van der Waals surface area contributed by atoms with Crippen molar-refractivity contribution in [3.8, 4) is 0 Å². The van der Waals surface area contributed by atoms with E-state index in [-0.39, 0.29) is 11.7 Å². The van der Waals surface area contributed by atoms with Gasteiger partial charge < -0.3 is 15.7 Å². The summed E-state index contributed by atoms with van der Waals surface area (Å²) in [7, 11) is 0. The maximum absolute atomic E-state index is 11.9. The second-order valence-corrected chi connectivity index (χ2v) is 5.32. The number of carbonyl (C=O) groups excluding carboxylic acids is 1. The number of rotatable bonds is 3. The van der Waals surface area contributed by atoms with Crippen molar-refractivity contribution in [2.75, 3.05) is 5.32 Å². The zero-order chi connectivity index (χ0) is 15.4. The Morgan fingerprint density at radius 1 is 1.38 bits per heavy atom. The van der Waals surface area contributed by atoms with Gasteiger partial charge in [-0.2, -0.15) is 0 Å². The highest BCUT2D eigenvalue weighted by molar-refractivity contribution is 5.90. The molecule has 1 aromatic rings. The van der Waals surface area contributed by atoms with Gasteiger partial charge in [0.1, 0.15) is 0 Å². The minimum absolute atomic E-state index is 0.0366. The largest absolute Gasteiger partial charge is 0.391 e. The molecule has 0 aromatic heterocycles. The van der Waals surface area contributed by atoms with E-state index in [0.29, 0.717) is 17.7 Å². The third kappa shape index (κ3) is 3.91. The molecule has 0 spiro atoms. The molecule has 0 bridgehead atoms. The van der Waals surface area contributed by atoms with E-state index in [4.69, 9.17) is 0 Å². The number of aliphatic hydroxyl groups is 1. The molecule has 0 radical (unpaired) electrons. The number of aliphatic hydroxyl groups excluding tert-OH is 1. The van der Waals surface area contributed by atoms with Crippen LogP contribution in [0.2, 0.25) is 0 Å². The SMILES string of the molecule is Cc1ccc(NC(=O)NC2CCCCC2O)cc1[N+](=O)[O-]. The third-order valence-electron chi connectivity index (χ3n) is 3.71. The summed E-state index contributed by atoms with van der Waals surface area (Å²) in [5.41, 5.74) is 0.856. The number of benzene rings is 1. The normalized spacial score (nSPS) is 21.6. The Bertz CT molecular complexity index is 547. The lowest BCUT2D eigenvalue weighted by atomic mass is 9.93. The number of nitro benzene ring substituents is 1. The lowest BCUT2D eigenvalue weighted by Crippen LogP contribution is -2.46. The molecular weight excluding hydrogens is 274 g/mol. The van der Waals surface area contributed by atoms with Crippen molar-refractivity contribution in [2.45, 2.75) is 44.8 Å². The highest BCUT2D eigenvalue weighted by atomic mass is 16.6. The number of amides is 2. The molecule has 1 aliphatic carbocycles. The van der Waals surface area contributed by atoms with E-state index in [0.717, 1.165) is 19.3 Å². The number of aryl methyl sites for hydroxylation is 1. The van der Waals surface area contributed by atoms with Crippen molar-refractivity contribution >= 4 is 17.4 Å². The smallest absolute Gasteiger partial charge is 0.319 e. The predicted octanol–water partition coefficient (Wildman–Crippen LogP) is 2.33. The van der Waals surface area contributed by atoms with Crippen molar-refractivity contribution in [3.05, 3.63) is 33.9 Å². The molecule has 0 saturated heterocycles. The Morgan fingerprint density at radius 3 is 2.76 bits per heavy atom. The summed E-state index contributed by atoms with van der Waals surface area (Å²) in [6, 6.07) is 3.80. The van der Waals surface area contributed by atoms with Crippen LogP contribution in [0.25, 0.3) is 0 Å². The molecule has 1 aliphatic rings. The van der Waals surface area contributed by atoms with Crippen LogP contribution in [0.15, 0.2) is 18.2 Å². The van der Waals surface area contributed by atoms with Crippen molar-refractivity contribution in [1.82, 2.24) is 5.32 Å². The van der Waals surface area contributed by atoms with Crippen LogP contribution in [0.4, 0.5) is 16.2 Å². The van der Waals surface area contributed by atoms with Gasteiger partial charge in [-0.05, 0) is 25.8 Å². The van der Waals surface area contributed by atoms with E-state index < -0.39 is 17.1 Å². The maximum atomic E-state index is 11.9. The molecule has 2 rings (SSSR count). The molecule has 2 atom stereocenters. The Morgan fingerprint density at radius 2 is 2.10 bits per heavy atom. The van der Waals surface area contributed by atoms with Gasteiger partial charge in [0.2, 0.25) is 0 Å². The van der Waals surface area contributed by atoms with Gasteiger partial charge in [-0.3, -0.25) is 10.1 Å². The zero-order valence-corrected chi connectivity index (χ0v) is 11.8. The monoisotopic (exact) mass is 293 g/mol. The highest BCUT2D eigenvalue weighted by Crippen LogP contribution is 2.22. The van der Waals surface area contributed by atoms with Gasteiger partial charge in [0, 0.05) is 17.3 Å². The van der Waals surface area contributed by atoms with Gasteiger partial charge in [-0.15, -0.1) is 0 Å². The van der Waals surface area contributed by atoms with Gasteiger partial charge in [0.05, 0.1) is 17.1 Å². The summed E-state index contributed by atoms with van der Waals surface area (Å²) in [4.78, 5) is 22.3. The Balaban J connectivity index is 1.99. The summed E-state index contributed by atoms with van der Waals surface area (Å²) in [5, 5.41) is 25.9. The van der Waals surface area contributed by atoms with Crippen molar-refractivity contribution in [1.29, 1.82) is 0 Å². The molecule has 114 valence electrons. The first-order chi connectivity index (χ1) is 9.97. The Hall–Kier alpha value is -2.15. The van der Waals surface area contributed by atoms with Crippen LogP contribution in [-0.4, -0.2) is 28.2 Å². The molecule has 7 nitrogen and oxygen atoms in total. The number of carbonyl (C=O) groups is 1. The molecule has 0 aliphatic heterocycles. The number of hydrogen-bond acceptors (Lipinski definition) is 4. The van der Waals surface area contributed by atoms with E-state index in [9.17, 15) is 20.0 Å². The van der Waals surface area contributed by atoms with Gasteiger partial charge in [0.15, 0.2) is 0 Å². The molecule has 3 N–H and O–H groups in total. The molecule has 1 saturated carbocycles. The number of hydrogen-bond donors (Lipinski definition) is 3. The highest BCUT2D eigenvalue weighted by Gasteiger charge is 2.24. The number of nitro groups is 1. The van der Waals surface area contributed by atoms with E-state index in [1.807, 2.05) is 0 Å². The first kappa shape index (κ1) is 15.2. The van der Waals surface area contributed by atoms with Crippen LogP contribution >= 0.6 is 0 Å². The average Bonchev–Trinajstić information content (AvgIpc) is 2.43. The lowest BCUT2D eigenvalue weighted by Gasteiger charge is -2.28. The van der Waals surface area contributed by atoms with Gasteiger partial charge in [-0.25, -0.2) is 4.79 Å². The van der Waals surface area contributed by atoms with Gasteiger partial charge in [-0.1, -0.05) is 18.9 Å². The standard InChI is InChI=1S/C14H19N3O4/c1-9-6-7-10(8-12(9)17(20)21)15-14(19)16-11-4-2-3-5-13(11)18/h6-8,11,13,18H,2-5H2,1H3,(H2,15,16,19). The van der Waals surface area contributed by atoms with Crippen molar-refractivity contribution in [2.24, 2.45) is 0 Å². The van der Waals surface area contributed by atoms with E-state index in [2.05, 4.69) is 10.6 Å². The molecule has 1 aromatic carbocycles. The van der Waals surface area contributed by atoms with E-state index >= 15 is 0 Å². The molecule has 1 fully saturated rings.